The lowest BCUT2D eigenvalue weighted by molar-refractivity contribution is -0.0167. The Morgan fingerprint density at radius 3 is 2.46 bits per heavy atom. The Balaban J connectivity index is 1.28. The molecule has 1 heterocycles. The molecule has 0 atom stereocenters. The number of aryl methyl sites for hydroxylation is 2. The van der Waals surface area contributed by atoms with Gasteiger partial charge in [0.25, 0.3) is 5.91 Å². The van der Waals surface area contributed by atoms with Gasteiger partial charge >= 0.3 is 0 Å². The van der Waals surface area contributed by atoms with E-state index < -0.39 is 0 Å². The molecule has 1 N–H and O–H groups in total. The summed E-state index contributed by atoms with van der Waals surface area (Å²) in [6.45, 7) is 4.18. The van der Waals surface area contributed by atoms with Crippen LogP contribution in [-0.4, -0.2) is 16.6 Å². The van der Waals surface area contributed by atoms with Crippen LogP contribution in [-0.2, 0) is 6.61 Å². The van der Waals surface area contributed by atoms with Crippen LogP contribution in [0.1, 0.15) is 65.9 Å². The second kappa shape index (κ2) is 6.64. The van der Waals surface area contributed by atoms with Crippen molar-refractivity contribution >= 4 is 5.91 Å². The second-order valence-electron chi connectivity index (χ2n) is 9.27. The van der Waals surface area contributed by atoms with E-state index in [9.17, 15) is 4.79 Å². The second-order valence-corrected chi connectivity index (χ2v) is 9.27. The van der Waals surface area contributed by atoms with Crippen LogP contribution in [0.3, 0.4) is 0 Å². The van der Waals surface area contributed by atoms with E-state index >= 15 is 0 Å². The van der Waals surface area contributed by atoms with Crippen molar-refractivity contribution in [1.82, 2.24) is 10.5 Å². The van der Waals surface area contributed by atoms with Gasteiger partial charge in [0.1, 0.15) is 18.1 Å². The average molecular weight is 380 g/mol. The van der Waals surface area contributed by atoms with E-state index in [-0.39, 0.29) is 11.4 Å². The minimum atomic E-state index is 0.0272. The molecule has 6 rings (SSSR count). The summed E-state index contributed by atoms with van der Waals surface area (Å²) in [5.74, 6) is 3.94. The molecular weight excluding hydrogens is 352 g/mol. The van der Waals surface area contributed by atoms with Gasteiger partial charge in [-0.1, -0.05) is 11.2 Å². The zero-order valence-corrected chi connectivity index (χ0v) is 16.7. The maximum Gasteiger partial charge on any atom is 0.251 e. The molecule has 4 saturated carbocycles. The summed E-state index contributed by atoms with van der Waals surface area (Å²) >= 11 is 0. The van der Waals surface area contributed by atoms with Crippen LogP contribution >= 0.6 is 0 Å². The molecule has 1 aromatic heterocycles. The maximum atomic E-state index is 13.0. The molecule has 1 amide bonds. The summed E-state index contributed by atoms with van der Waals surface area (Å²) in [6, 6.07) is 7.49. The highest BCUT2D eigenvalue weighted by Gasteiger charge is 2.51. The van der Waals surface area contributed by atoms with Gasteiger partial charge in [-0.25, -0.2) is 0 Å². The minimum Gasteiger partial charge on any atom is -0.489 e. The Morgan fingerprint density at radius 2 is 1.86 bits per heavy atom. The van der Waals surface area contributed by atoms with E-state index in [1.54, 1.807) is 0 Å². The number of amides is 1. The van der Waals surface area contributed by atoms with Crippen LogP contribution < -0.4 is 10.1 Å². The highest BCUT2D eigenvalue weighted by atomic mass is 16.5. The molecule has 0 unspecified atom stereocenters. The van der Waals surface area contributed by atoms with E-state index in [4.69, 9.17) is 9.26 Å². The van der Waals surface area contributed by atoms with Crippen LogP contribution in [0.25, 0.3) is 0 Å². The number of benzene rings is 1. The van der Waals surface area contributed by atoms with Gasteiger partial charge in [0.15, 0.2) is 0 Å². The summed E-state index contributed by atoms with van der Waals surface area (Å²) in [4.78, 5) is 13.0. The van der Waals surface area contributed by atoms with Crippen molar-refractivity contribution in [2.45, 2.75) is 64.5 Å². The fraction of sp³-hybridized carbons (Fsp3) is 0.565. The predicted molar refractivity (Wildman–Crippen MR) is 105 cm³/mol. The number of nitrogens with zero attached hydrogens (tertiary/aromatic N) is 1. The molecule has 0 saturated heterocycles. The smallest absolute Gasteiger partial charge is 0.251 e. The van der Waals surface area contributed by atoms with E-state index in [0.717, 1.165) is 54.0 Å². The largest absolute Gasteiger partial charge is 0.489 e. The fourth-order valence-electron chi connectivity index (χ4n) is 6.17. The first-order chi connectivity index (χ1) is 13.5. The van der Waals surface area contributed by atoms with E-state index in [1.165, 1.54) is 19.3 Å². The van der Waals surface area contributed by atoms with Gasteiger partial charge in [0.05, 0.1) is 11.3 Å². The summed E-state index contributed by atoms with van der Waals surface area (Å²) in [5, 5.41) is 7.39. The molecule has 4 aliphatic rings. The number of aromatic nitrogens is 1. The van der Waals surface area contributed by atoms with Crippen molar-refractivity contribution in [3.8, 4) is 5.75 Å². The first kappa shape index (κ1) is 17.8. The quantitative estimate of drug-likeness (QED) is 0.825. The molecular formula is C23H28N2O3. The third-order valence-corrected chi connectivity index (χ3v) is 7.08. The third kappa shape index (κ3) is 3.21. The molecule has 4 aliphatic carbocycles. The predicted octanol–water partition coefficient (Wildman–Crippen LogP) is 4.57. The Morgan fingerprint density at radius 1 is 1.18 bits per heavy atom. The standard InChI is InChI=1S/C23H28N2O3/c1-14-21(15(2)28-25-14)13-27-20-5-3-4-19(9-20)22(26)24-23-10-16-6-17(11-23)8-18(7-16)12-23/h3-5,9,16-18H,6-8,10-13H2,1-2H3,(H,24,26). The van der Waals surface area contributed by atoms with E-state index in [2.05, 4.69) is 10.5 Å². The van der Waals surface area contributed by atoms with Gasteiger partial charge < -0.3 is 14.6 Å². The summed E-state index contributed by atoms with van der Waals surface area (Å²) in [6.07, 6.45) is 7.60. The number of hydrogen-bond acceptors (Lipinski definition) is 4. The van der Waals surface area contributed by atoms with Crippen molar-refractivity contribution in [3.63, 3.8) is 0 Å². The normalized spacial score (nSPS) is 30.4. The monoisotopic (exact) mass is 380 g/mol. The van der Waals surface area contributed by atoms with Crippen molar-refractivity contribution < 1.29 is 14.1 Å². The van der Waals surface area contributed by atoms with Crippen molar-refractivity contribution in [2.24, 2.45) is 17.8 Å². The molecule has 4 fully saturated rings. The molecule has 28 heavy (non-hydrogen) atoms. The van der Waals surface area contributed by atoms with Crippen molar-refractivity contribution in [2.75, 3.05) is 0 Å². The van der Waals surface area contributed by atoms with Crippen LogP contribution in [0.15, 0.2) is 28.8 Å². The highest BCUT2D eigenvalue weighted by molar-refractivity contribution is 5.95. The number of carbonyl (C=O) groups excluding carboxylic acids is 1. The fourth-order valence-corrected chi connectivity index (χ4v) is 6.17. The first-order valence-electron chi connectivity index (χ1n) is 10.5. The molecule has 0 aliphatic heterocycles. The lowest BCUT2D eigenvalue weighted by Gasteiger charge is -2.56. The molecule has 1 aromatic carbocycles. The Hall–Kier alpha value is -2.30. The number of nitrogens with one attached hydrogen (secondary N) is 1. The van der Waals surface area contributed by atoms with Gasteiger partial charge in [-0.15, -0.1) is 0 Å². The molecule has 0 radical (unpaired) electrons. The van der Waals surface area contributed by atoms with Crippen molar-refractivity contribution in [1.29, 1.82) is 0 Å². The number of hydrogen-bond donors (Lipinski definition) is 1. The zero-order chi connectivity index (χ0) is 19.3. The van der Waals surface area contributed by atoms with Gasteiger partial charge in [0, 0.05) is 11.1 Å². The number of ether oxygens (including phenoxy) is 1. The molecule has 5 heteroatoms. The highest BCUT2D eigenvalue weighted by Crippen LogP contribution is 2.55. The summed E-state index contributed by atoms with van der Waals surface area (Å²) in [5.41, 5.74) is 2.50. The SMILES string of the molecule is Cc1noc(C)c1COc1cccc(C(=O)NC23CC4CC(CC(C4)C2)C3)c1. The van der Waals surface area contributed by atoms with Crippen LogP contribution in [0.5, 0.6) is 5.75 Å². The van der Waals surface area contributed by atoms with Crippen LogP contribution in [0, 0.1) is 31.6 Å². The van der Waals surface area contributed by atoms with Gasteiger partial charge in [0.2, 0.25) is 0 Å². The molecule has 148 valence electrons. The maximum absolute atomic E-state index is 13.0. The van der Waals surface area contributed by atoms with E-state index in [1.807, 2.05) is 38.1 Å². The minimum absolute atomic E-state index is 0.0272. The Bertz CT molecular complexity index is 846. The van der Waals surface area contributed by atoms with Crippen LogP contribution in [0.2, 0.25) is 0 Å². The third-order valence-electron chi connectivity index (χ3n) is 7.08. The van der Waals surface area contributed by atoms with Gasteiger partial charge in [-0.2, -0.15) is 0 Å². The Labute approximate surface area is 165 Å². The molecule has 5 nitrogen and oxygen atoms in total. The summed E-state index contributed by atoms with van der Waals surface area (Å²) < 4.78 is 11.1. The number of carbonyl (C=O) groups is 1. The summed E-state index contributed by atoms with van der Waals surface area (Å²) in [7, 11) is 0. The van der Waals surface area contributed by atoms with Crippen LogP contribution in [0.4, 0.5) is 0 Å². The van der Waals surface area contributed by atoms with Gasteiger partial charge in [-0.3, -0.25) is 4.79 Å². The Kier molecular flexibility index (Phi) is 4.22. The lowest BCUT2D eigenvalue weighted by atomic mass is 9.53. The topological polar surface area (TPSA) is 64.4 Å². The number of rotatable bonds is 5. The molecule has 2 aromatic rings. The average Bonchev–Trinajstić information content (AvgIpc) is 2.96. The van der Waals surface area contributed by atoms with Gasteiger partial charge in [-0.05, 0) is 88.3 Å². The molecule has 0 spiro atoms. The first-order valence-corrected chi connectivity index (χ1v) is 10.5. The lowest BCUT2D eigenvalue weighted by Crippen LogP contribution is -2.59. The zero-order valence-electron chi connectivity index (χ0n) is 16.7. The van der Waals surface area contributed by atoms with Crippen molar-refractivity contribution in [3.05, 3.63) is 46.8 Å². The van der Waals surface area contributed by atoms with E-state index in [0.29, 0.717) is 17.9 Å². The molecule has 4 bridgehead atoms.